The van der Waals surface area contributed by atoms with Gasteiger partial charge in [0.25, 0.3) is 0 Å². The fourth-order valence-electron chi connectivity index (χ4n) is 3.79. The second kappa shape index (κ2) is 9.29. The van der Waals surface area contributed by atoms with Crippen molar-refractivity contribution >= 4 is 35.0 Å². The van der Waals surface area contributed by atoms with E-state index in [1.54, 1.807) is 0 Å². The van der Waals surface area contributed by atoms with Gasteiger partial charge in [0.1, 0.15) is 5.25 Å². The minimum atomic E-state index is -0.461. The fourth-order valence-corrected chi connectivity index (χ4v) is 4.99. The molecule has 8 heteroatoms. The van der Waals surface area contributed by atoms with Crippen LogP contribution in [0.3, 0.4) is 0 Å². The van der Waals surface area contributed by atoms with Gasteiger partial charge in [-0.2, -0.15) is 0 Å². The molecular formula is C25H22ClN5OS. The molecule has 2 unspecified atom stereocenters. The summed E-state index contributed by atoms with van der Waals surface area (Å²) in [6.45, 7) is 2.11. The molecule has 0 radical (unpaired) electrons. The SMILES string of the molecule is CCc1ccc(NC(=O)C2Sc3nnc(-c4ccccc4)n3NC2c2ccc(Cl)cc2)cc1. The number of nitrogens with zero attached hydrogens (tertiary/aromatic N) is 3. The number of amides is 1. The summed E-state index contributed by atoms with van der Waals surface area (Å²) < 4.78 is 1.86. The van der Waals surface area contributed by atoms with Crippen molar-refractivity contribution in [3.8, 4) is 11.4 Å². The summed E-state index contributed by atoms with van der Waals surface area (Å²) in [5.74, 6) is 0.596. The Morgan fingerprint density at radius 2 is 1.76 bits per heavy atom. The molecule has 5 rings (SSSR count). The van der Waals surface area contributed by atoms with E-state index in [4.69, 9.17) is 11.6 Å². The number of carbonyl (C=O) groups excluding carboxylic acids is 1. The topological polar surface area (TPSA) is 71.8 Å². The Morgan fingerprint density at radius 3 is 2.45 bits per heavy atom. The second-order valence-electron chi connectivity index (χ2n) is 7.74. The third kappa shape index (κ3) is 4.47. The molecule has 0 aliphatic carbocycles. The van der Waals surface area contributed by atoms with Gasteiger partial charge in [-0.15, -0.1) is 10.2 Å². The Hall–Kier alpha value is -3.29. The van der Waals surface area contributed by atoms with Gasteiger partial charge in [0.15, 0.2) is 5.82 Å². The van der Waals surface area contributed by atoms with Gasteiger partial charge in [-0.3, -0.25) is 4.79 Å². The van der Waals surface area contributed by atoms with Gasteiger partial charge in [0, 0.05) is 16.3 Å². The first kappa shape index (κ1) is 21.6. The largest absolute Gasteiger partial charge is 0.325 e. The number of hydrogen-bond donors (Lipinski definition) is 2. The number of aryl methyl sites for hydroxylation is 1. The number of nitrogens with one attached hydrogen (secondary N) is 2. The summed E-state index contributed by atoms with van der Waals surface area (Å²) in [4.78, 5) is 13.4. The monoisotopic (exact) mass is 475 g/mol. The lowest BCUT2D eigenvalue weighted by Gasteiger charge is -2.33. The first-order valence-electron chi connectivity index (χ1n) is 10.7. The number of benzene rings is 3. The van der Waals surface area contributed by atoms with Gasteiger partial charge in [0.2, 0.25) is 11.1 Å². The number of thioether (sulfide) groups is 1. The van der Waals surface area contributed by atoms with Crippen molar-refractivity contribution in [2.75, 3.05) is 10.7 Å². The third-order valence-electron chi connectivity index (χ3n) is 5.59. The van der Waals surface area contributed by atoms with E-state index in [1.165, 1.54) is 17.3 Å². The zero-order valence-electron chi connectivity index (χ0n) is 17.9. The molecule has 1 aromatic heterocycles. The maximum absolute atomic E-state index is 13.4. The van der Waals surface area contributed by atoms with Crippen molar-refractivity contribution in [1.29, 1.82) is 0 Å². The van der Waals surface area contributed by atoms with Crippen LogP contribution in [0.1, 0.15) is 24.1 Å². The van der Waals surface area contributed by atoms with Gasteiger partial charge in [-0.05, 0) is 41.8 Å². The number of fused-ring (bicyclic) bond motifs is 1. The quantitative estimate of drug-likeness (QED) is 0.395. The summed E-state index contributed by atoms with van der Waals surface area (Å²) in [5.41, 5.74) is 7.37. The molecule has 1 aliphatic rings. The standard InChI is InChI=1S/C25H22ClN5OS/c1-2-16-8-14-20(15-9-16)27-24(32)22-21(17-10-12-19(26)13-11-17)30-31-23(28-29-25(31)33-22)18-6-4-3-5-7-18/h3-15,21-22,30H,2H2,1H3,(H,27,32). The normalized spacial score (nSPS) is 17.2. The summed E-state index contributed by atoms with van der Waals surface area (Å²) >= 11 is 7.52. The Kier molecular flexibility index (Phi) is 6.07. The summed E-state index contributed by atoms with van der Waals surface area (Å²) in [7, 11) is 0. The molecule has 33 heavy (non-hydrogen) atoms. The predicted octanol–water partition coefficient (Wildman–Crippen LogP) is 5.56. The molecular weight excluding hydrogens is 454 g/mol. The van der Waals surface area contributed by atoms with E-state index in [0.29, 0.717) is 16.0 Å². The fraction of sp³-hybridized carbons (Fsp3) is 0.160. The summed E-state index contributed by atoms with van der Waals surface area (Å²) in [6.07, 6.45) is 0.953. The molecule has 0 bridgehead atoms. The van der Waals surface area contributed by atoms with Gasteiger partial charge in [0.05, 0.1) is 6.04 Å². The van der Waals surface area contributed by atoms with Crippen molar-refractivity contribution in [2.24, 2.45) is 0 Å². The number of aromatic nitrogens is 3. The van der Waals surface area contributed by atoms with Gasteiger partial charge < -0.3 is 10.7 Å². The molecule has 2 N–H and O–H groups in total. The molecule has 2 heterocycles. The van der Waals surface area contributed by atoms with Crippen LogP contribution in [0.25, 0.3) is 11.4 Å². The van der Waals surface area contributed by atoms with E-state index in [-0.39, 0.29) is 11.9 Å². The highest BCUT2D eigenvalue weighted by Crippen LogP contribution is 2.39. The molecule has 0 fully saturated rings. The van der Waals surface area contributed by atoms with Crippen molar-refractivity contribution in [3.63, 3.8) is 0 Å². The molecule has 1 aliphatic heterocycles. The average molecular weight is 476 g/mol. The lowest BCUT2D eigenvalue weighted by atomic mass is 10.0. The maximum atomic E-state index is 13.4. The van der Waals surface area contributed by atoms with Gasteiger partial charge in [-0.25, -0.2) is 4.68 Å². The number of rotatable bonds is 5. The zero-order valence-corrected chi connectivity index (χ0v) is 19.5. The van der Waals surface area contributed by atoms with Crippen LogP contribution in [0.2, 0.25) is 5.02 Å². The number of anilines is 1. The highest BCUT2D eigenvalue weighted by atomic mass is 35.5. The van der Waals surface area contributed by atoms with Crippen molar-refractivity contribution in [1.82, 2.24) is 14.9 Å². The Morgan fingerprint density at radius 1 is 1.03 bits per heavy atom. The molecule has 0 saturated heterocycles. The lowest BCUT2D eigenvalue weighted by Crippen LogP contribution is -2.41. The van der Waals surface area contributed by atoms with Crippen LogP contribution in [0, 0.1) is 0 Å². The van der Waals surface area contributed by atoms with Crippen molar-refractivity contribution in [3.05, 3.63) is 95.0 Å². The summed E-state index contributed by atoms with van der Waals surface area (Å²) in [6, 6.07) is 25.0. The highest BCUT2D eigenvalue weighted by molar-refractivity contribution is 8.00. The minimum absolute atomic E-state index is 0.104. The Balaban J connectivity index is 1.48. The maximum Gasteiger partial charge on any atom is 0.240 e. The van der Waals surface area contributed by atoms with Crippen LogP contribution in [0.5, 0.6) is 0 Å². The van der Waals surface area contributed by atoms with Gasteiger partial charge in [-0.1, -0.05) is 84.9 Å². The molecule has 4 aromatic rings. The first-order valence-corrected chi connectivity index (χ1v) is 12.0. The van der Waals surface area contributed by atoms with Gasteiger partial charge >= 0.3 is 0 Å². The van der Waals surface area contributed by atoms with Crippen LogP contribution < -0.4 is 10.7 Å². The smallest absolute Gasteiger partial charge is 0.240 e. The molecule has 0 saturated carbocycles. The van der Waals surface area contributed by atoms with E-state index >= 15 is 0 Å². The van der Waals surface area contributed by atoms with E-state index in [0.717, 1.165) is 23.2 Å². The number of carbonyl (C=O) groups is 1. The molecule has 166 valence electrons. The molecule has 1 amide bonds. The van der Waals surface area contributed by atoms with Crippen LogP contribution in [0.4, 0.5) is 5.69 Å². The predicted molar refractivity (Wildman–Crippen MR) is 133 cm³/mol. The summed E-state index contributed by atoms with van der Waals surface area (Å²) in [5, 5.41) is 12.6. The average Bonchev–Trinajstić information content (AvgIpc) is 3.28. The van der Waals surface area contributed by atoms with Crippen LogP contribution in [0.15, 0.2) is 84.0 Å². The molecule has 0 spiro atoms. The Labute approximate surface area is 201 Å². The lowest BCUT2D eigenvalue weighted by molar-refractivity contribution is -0.116. The minimum Gasteiger partial charge on any atom is -0.325 e. The number of hydrogen-bond acceptors (Lipinski definition) is 5. The van der Waals surface area contributed by atoms with E-state index in [2.05, 4.69) is 27.9 Å². The number of halogens is 1. The Bertz CT molecular complexity index is 1260. The van der Waals surface area contributed by atoms with Crippen molar-refractivity contribution in [2.45, 2.75) is 29.8 Å². The van der Waals surface area contributed by atoms with E-state index in [1.807, 2.05) is 83.5 Å². The molecule has 2 atom stereocenters. The highest BCUT2D eigenvalue weighted by Gasteiger charge is 2.38. The molecule has 6 nitrogen and oxygen atoms in total. The van der Waals surface area contributed by atoms with Crippen LogP contribution >= 0.6 is 23.4 Å². The zero-order chi connectivity index (χ0) is 22.8. The van der Waals surface area contributed by atoms with Crippen LogP contribution in [-0.4, -0.2) is 26.0 Å². The first-order chi connectivity index (χ1) is 16.1. The van der Waals surface area contributed by atoms with Crippen molar-refractivity contribution < 1.29 is 4.79 Å². The van der Waals surface area contributed by atoms with Crippen LogP contribution in [-0.2, 0) is 11.2 Å². The third-order valence-corrected chi connectivity index (χ3v) is 7.05. The van der Waals surface area contributed by atoms with E-state index in [9.17, 15) is 4.79 Å². The van der Waals surface area contributed by atoms with E-state index < -0.39 is 5.25 Å². The second-order valence-corrected chi connectivity index (χ2v) is 9.29. The molecule has 3 aromatic carbocycles.